The Kier molecular flexibility index (Phi) is 68.9. The molecule has 0 aromatic carbocycles. The minimum absolute atomic E-state index is 0.0860. The second-order valence-electron chi connectivity index (χ2n) is 25.9. The van der Waals surface area contributed by atoms with Gasteiger partial charge in [0.05, 0.1) is 26.4 Å². The van der Waals surface area contributed by atoms with Gasteiger partial charge in [-0.3, -0.25) is 37.3 Å². The van der Waals surface area contributed by atoms with Gasteiger partial charge < -0.3 is 33.8 Å². The van der Waals surface area contributed by atoms with Gasteiger partial charge in [-0.1, -0.05) is 299 Å². The Hall–Kier alpha value is -3.76. The maximum atomic E-state index is 13.1. The molecule has 0 aliphatic rings. The third-order valence-electron chi connectivity index (χ3n) is 16.4. The van der Waals surface area contributed by atoms with E-state index in [4.69, 9.17) is 37.0 Å². The highest BCUT2D eigenvalue weighted by molar-refractivity contribution is 7.47. The SMILES string of the molecule is CC/C=C\C/C=C\C/C=C\C/C=C\C/C=C\CCCC(=O)OCC(COP(=O)(O)OCC(O)COP(=O)(O)OCC(COC(=O)CCCCCCC/C=C\C/C=C\CCCCC)OC(=O)CCCCCCCCCCCCC)OC(=O)CCCCCCCCCCCCCCCCC. The topological polar surface area (TPSA) is 237 Å². The number of phosphoric acid groups is 2. The maximum Gasteiger partial charge on any atom is 0.472 e. The number of aliphatic hydroxyl groups excluding tert-OH is 1. The predicted octanol–water partition coefficient (Wildman–Crippen LogP) is 22.2. The van der Waals surface area contributed by atoms with Crippen LogP contribution in [0.1, 0.15) is 336 Å². The molecule has 0 aromatic heterocycles. The standard InChI is InChI=1S/C79H140O17P2/c1-5-9-13-17-21-25-29-32-35-36-39-41-45-48-52-56-60-64-77(82)90-70-75(96-79(84)66-62-58-54-50-46-42-38-34-31-27-23-19-15-11-7-3)72-94-98(87,88)92-68-73(80)67-91-97(85,86)93-71-74(95-78(83)65-61-57-53-49-43-28-24-20-16-12-8-4)69-89-76(81)63-59-55-51-47-44-40-37-33-30-26-22-18-14-10-6-2/h9,13,21-22,25-26,32-33,35,37,39,41,48,52,73-75,80H,5-8,10-12,14-20,23-24,27-31,34,36,38,40,42-47,49-51,53-72H2,1-4H3,(H,85,86)(H,87,88)/b13-9-,25-21-,26-22-,35-32-,37-33-,41-39-,52-48-. The summed E-state index contributed by atoms with van der Waals surface area (Å²) in [6.45, 7) is 4.69. The molecule has 19 heteroatoms. The number of aliphatic hydroxyl groups is 1. The lowest BCUT2D eigenvalue weighted by Gasteiger charge is -2.21. The van der Waals surface area contributed by atoms with Crippen molar-refractivity contribution >= 4 is 39.5 Å². The van der Waals surface area contributed by atoms with Gasteiger partial charge in [-0.2, -0.15) is 0 Å². The highest BCUT2D eigenvalue weighted by Gasteiger charge is 2.30. The van der Waals surface area contributed by atoms with Crippen LogP contribution in [-0.4, -0.2) is 96.7 Å². The largest absolute Gasteiger partial charge is 0.472 e. The Morgan fingerprint density at radius 3 is 0.878 bits per heavy atom. The highest BCUT2D eigenvalue weighted by Crippen LogP contribution is 2.45. The fraction of sp³-hybridized carbons (Fsp3) is 0.772. The molecule has 0 rings (SSSR count). The van der Waals surface area contributed by atoms with Crippen molar-refractivity contribution in [3.8, 4) is 0 Å². The fourth-order valence-electron chi connectivity index (χ4n) is 10.5. The number of carbonyl (C=O) groups excluding carboxylic acids is 4. The summed E-state index contributed by atoms with van der Waals surface area (Å²) in [5.41, 5.74) is 0. The molecule has 0 heterocycles. The first kappa shape index (κ1) is 94.2. The van der Waals surface area contributed by atoms with Gasteiger partial charge in [-0.15, -0.1) is 0 Å². The predicted molar refractivity (Wildman–Crippen MR) is 399 cm³/mol. The Labute approximate surface area is 595 Å². The quantitative estimate of drug-likeness (QED) is 0.0169. The normalized spacial score (nSPS) is 14.4. The fourth-order valence-corrected chi connectivity index (χ4v) is 12.0. The molecular weight excluding hydrogens is 1280 g/mol. The number of allylic oxidation sites excluding steroid dienone is 14. The molecule has 0 fully saturated rings. The maximum absolute atomic E-state index is 13.1. The zero-order valence-electron chi connectivity index (χ0n) is 62.0. The van der Waals surface area contributed by atoms with Crippen molar-refractivity contribution in [2.45, 2.75) is 354 Å². The van der Waals surface area contributed by atoms with Crippen LogP contribution in [-0.2, 0) is 65.4 Å². The molecule has 0 saturated carbocycles. The summed E-state index contributed by atoms with van der Waals surface area (Å²) in [7, 11) is -9.95. The van der Waals surface area contributed by atoms with E-state index in [2.05, 4.69) is 101 Å². The van der Waals surface area contributed by atoms with Gasteiger partial charge in [-0.05, 0) is 96.3 Å². The van der Waals surface area contributed by atoms with E-state index >= 15 is 0 Å². The van der Waals surface area contributed by atoms with Crippen LogP contribution < -0.4 is 0 Å². The number of ether oxygens (including phenoxy) is 4. The van der Waals surface area contributed by atoms with Crippen LogP contribution in [0.5, 0.6) is 0 Å². The molecule has 0 amide bonds. The van der Waals surface area contributed by atoms with Gasteiger partial charge in [0.1, 0.15) is 19.3 Å². The van der Waals surface area contributed by atoms with Crippen molar-refractivity contribution in [3.63, 3.8) is 0 Å². The summed E-state index contributed by atoms with van der Waals surface area (Å²) in [5.74, 6) is -2.23. The van der Waals surface area contributed by atoms with E-state index in [0.717, 1.165) is 128 Å². The van der Waals surface area contributed by atoms with Crippen LogP contribution in [0.25, 0.3) is 0 Å². The second kappa shape index (κ2) is 71.6. The lowest BCUT2D eigenvalue weighted by Crippen LogP contribution is -2.30. The van der Waals surface area contributed by atoms with Gasteiger partial charge in [0.2, 0.25) is 0 Å². The van der Waals surface area contributed by atoms with Crippen LogP contribution >= 0.6 is 15.6 Å². The monoisotopic (exact) mass is 1420 g/mol. The minimum Gasteiger partial charge on any atom is -0.462 e. The molecule has 0 radical (unpaired) electrons. The Bertz CT molecular complexity index is 2190. The molecule has 0 saturated heterocycles. The summed E-state index contributed by atoms with van der Waals surface area (Å²) in [6, 6.07) is 0. The van der Waals surface area contributed by atoms with Gasteiger partial charge in [-0.25, -0.2) is 9.13 Å². The summed E-state index contributed by atoms with van der Waals surface area (Å²) in [4.78, 5) is 72.8. The molecule has 5 unspecified atom stereocenters. The zero-order chi connectivity index (χ0) is 71.8. The third-order valence-corrected chi connectivity index (χ3v) is 18.3. The van der Waals surface area contributed by atoms with E-state index in [9.17, 15) is 43.2 Å². The van der Waals surface area contributed by atoms with E-state index in [1.54, 1.807) is 0 Å². The van der Waals surface area contributed by atoms with Crippen LogP contribution in [0.4, 0.5) is 0 Å². The Morgan fingerprint density at radius 1 is 0.296 bits per heavy atom. The molecule has 98 heavy (non-hydrogen) atoms. The number of unbranched alkanes of at least 4 members (excludes halogenated alkanes) is 33. The number of carbonyl (C=O) groups is 4. The smallest absolute Gasteiger partial charge is 0.462 e. The van der Waals surface area contributed by atoms with Crippen LogP contribution in [0.15, 0.2) is 85.1 Å². The molecule has 5 atom stereocenters. The van der Waals surface area contributed by atoms with E-state index < -0.39 is 97.5 Å². The van der Waals surface area contributed by atoms with Gasteiger partial charge in [0.25, 0.3) is 0 Å². The summed E-state index contributed by atoms with van der Waals surface area (Å²) >= 11 is 0. The lowest BCUT2D eigenvalue weighted by molar-refractivity contribution is -0.161. The Morgan fingerprint density at radius 2 is 0.541 bits per heavy atom. The average molecular weight is 1420 g/mol. The van der Waals surface area contributed by atoms with Crippen molar-refractivity contribution in [2.24, 2.45) is 0 Å². The molecule has 0 spiro atoms. The van der Waals surface area contributed by atoms with Crippen LogP contribution in [0.2, 0.25) is 0 Å². The van der Waals surface area contributed by atoms with E-state index in [1.807, 2.05) is 12.2 Å². The molecule has 0 aliphatic carbocycles. The number of rotatable bonds is 73. The second-order valence-corrected chi connectivity index (χ2v) is 28.8. The summed E-state index contributed by atoms with van der Waals surface area (Å²) < 4.78 is 68.4. The molecule has 3 N–H and O–H groups in total. The first-order valence-electron chi connectivity index (χ1n) is 38.8. The number of hydrogen-bond acceptors (Lipinski definition) is 15. The molecule has 0 aliphatic heterocycles. The van der Waals surface area contributed by atoms with Crippen LogP contribution in [0.3, 0.4) is 0 Å². The van der Waals surface area contributed by atoms with Crippen molar-refractivity contribution in [3.05, 3.63) is 85.1 Å². The number of esters is 4. The first-order valence-corrected chi connectivity index (χ1v) is 41.8. The molecule has 568 valence electrons. The Balaban J connectivity index is 5.36. The lowest BCUT2D eigenvalue weighted by atomic mass is 10.0. The van der Waals surface area contributed by atoms with E-state index in [1.165, 1.54) is 122 Å². The first-order chi connectivity index (χ1) is 47.7. The number of phosphoric ester groups is 2. The van der Waals surface area contributed by atoms with Crippen molar-refractivity contribution in [1.29, 1.82) is 0 Å². The van der Waals surface area contributed by atoms with Gasteiger partial charge in [0.15, 0.2) is 12.2 Å². The van der Waals surface area contributed by atoms with Gasteiger partial charge in [0, 0.05) is 25.7 Å². The van der Waals surface area contributed by atoms with Crippen molar-refractivity contribution in [2.75, 3.05) is 39.6 Å². The summed E-state index contributed by atoms with van der Waals surface area (Å²) in [5, 5.41) is 10.6. The number of hydrogen-bond donors (Lipinski definition) is 3. The third kappa shape index (κ3) is 70.7. The van der Waals surface area contributed by atoms with Crippen LogP contribution in [0, 0.1) is 0 Å². The molecule has 17 nitrogen and oxygen atoms in total. The highest BCUT2D eigenvalue weighted by atomic mass is 31.2. The average Bonchev–Trinajstić information content (AvgIpc) is 0.986. The van der Waals surface area contributed by atoms with Crippen molar-refractivity contribution in [1.82, 2.24) is 0 Å². The minimum atomic E-state index is -4.98. The van der Waals surface area contributed by atoms with Crippen molar-refractivity contribution < 1.29 is 80.2 Å². The molecule has 0 bridgehead atoms. The molecular formula is C79H140O17P2. The summed E-state index contributed by atoms with van der Waals surface area (Å²) in [6.07, 6.45) is 72.9. The van der Waals surface area contributed by atoms with Gasteiger partial charge >= 0.3 is 39.5 Å². The molecule has 0 aromatic rings. The van der Waals surface area contributed by atoms with E-state index in [0.29, 0.717) is 32.1 Å². The zero-order valence-corrected chi connectivity index (χ0v) is 63.7. The van der Waals surface area contributed by atoms with E-state index in [-0.39, 0.29) is 25.7 Å².